The molecule has 0 amide bonds. The van der Waals surface area contributed by atoms with Crippen molar-refractivity contribution < 1.29 is 5.11 Å². The first-order chi connectivity index (χ1) is 8.99. The summed E-state index contributed by atoms with van der Waals surface area (Å²) in [5.74, 6) is 0.220. The van der Waals surface area contributed by atoms with Crippen LogP contribution in [0.1, 0.15) is 5.56 Å². The van der Waals surface area contributed by atoms with Gasteiger partial charge in [0.1, 0.15) is 10.7 Å². The maximum Gasteiger partial charge on any atom is 0.115 e. The Balaban J connectivity index is 2.48. The summed E-state index contributed by atoms with van der Waals surface area (Å²) in [6.07, 6.45) is 0. The number of benzene rings is 2. The highest BCUT2D eigenvalue weighted by molar-refractivity contribution is 7.80. The van der Waals surface area contributed by atoms with Crippen LogP contribution in [0.25, 0.3) is 0 Å². The van der Waals surface area contributed by atoms with Crippen molar-refractivity contribution in [1.82, 2.24) is 0 Å². The van der Waals surface area contributed by atoms with E-state index in [1.54, 1.807) is 36.4 Å². The minimum absolute atomic E-state index is 0.220. The number of nitrogens with zero attached hydrogens (tertiary/aromatic N) is 1. The van der Waals surface area contributed by atoms with Crippen LogP contribution in [0.4, 0.5) is 11.4 Å². The molecule has 0 radical (unpaired) electrons. The molecule has 2 aromatic rings. The van der Waals surface area contributed by atoms with E-state index in [-0.39, 0.29) is 5.75 Å². The molecule has 0 aliphatic heterocycles. The minimum Gasteiger partial charge on any atom is -0.508 e. The summed E-state index contributed by atoms with van der Waals surface area (Å²) in [5.41, 5.74) is 8.21. The summed E-state index contributed by atoms with van der Waals surface area (Å²) in [5, 5.41) is 9.93. The predicted octanol–water partition coefficient (Wildman–Crippen LogP) is 3.45. The largest absolute Gasteiger partial charge is 0.508 e. The van der Waals surface area contributed by atoms with E-state index < -0.39 is 0 Å². The van der Waals surface area contributed by atoms with Crippen molar-refractivity contribution in [2.75, 3.05) is 11.9 Å². The van der Waals surface area contributed by atoms with E-state index in [4.69, 9.17) is 29.6 Å². The number of thiocarbonyl (C=S) groups is 1. The molecule has 0 saturated carbocycles. The second-order valence-corrected chi connectivity index (χ2v) is 4.98. The van der Waals surface area contributed by atoms with Crippen LogP contribution in [-0.2, 0) is 0 Å². The zero-order valence-electron chi connectivity index (χ0n) is 10.3. The smallest absolute Gasteiger partial charge is 0.115 e. The van der Waals surface area contributed by atoms with Crippen LogP contribution in [0.15, 0.2) is 42.5 Å². The highest BCUT2D eigenvalue weighted by Gasteiger charge is 2.12. The van der Waals surface area contributed by atoms with Gasteiger partial charge in [0.15, 0.2) is 0 Å². The van der Waals surface area contributed by atoms with E-state index in [1.807, 2.05) is 18.0 Å². The molecular formula is C14H13ClN2OS. The average Bonchev–Trinajstić information content (AvgIpc) is 2.38. The lowest BCUT2D eigenvalue weighted by Crippen LogP contribution is -2.17. The van der Waals surface area contributed by atoms with Crippen molar-refractivity contribution in [3.63, 3.8) is 0 Å². The Morgan fingerprint density at radius 2 is 1.84 bits per heavy atom. The van der Waals surface area contributed by atoms with Crippen molar-refractivity contribution in [2.45, 2.75) is 0 Å². The van der Waals surface area contributed by atoms with Gasteiger partial charge in [-0.3, -0.25) is 0 Å². The highest BCUT2D eigenvalue weighted by atomic mass is 35.5. The third-order valence-corrected chi connectivity index (χ3v) is 3.28. The Kier molecular flexibility index (Phi) is 3.93. The van der Waals surface area contributed by atoms with Gasteiger partial charge in [0.2, 0.25) is 0 Å². The predicted molar refractivity (Wildman–Crippen MR) is 83.5 cm³/mol. The average molecular weight is 293 g/mol. The van der Waals surface area contributed by atoms with Gasteiger partial charge in [0, 0.05) is 23.3 Å². The second kappa shape index (κ2) is 5.47. The SMILES string of the molecule is CN(c1ccc(O)cc1)c1cc(Cl)ccc1C(N)=S. The zero-order chi connectivity index (χ0) is 14.0. The summed E-state index contributed by atoms with van der Waals surface area (Å²) >= 11 is 11.1. The Morgan fingerprint density at radius 3 is 2.42 bits per heavy atom. The summed E-state index contributed by atoms with van der Waals surface area (Å²) < 4.78 is 0. The van der Waals surface area contributed by atoms with Gasteiger partial charge in [-0.2, -0.15) is 0 Å². The number of phenols is 1. The van der Waals surface area contributed by atoms with Gasteiger partial charge in [-0.25, -0.2) is 0 Å². The number of hydrogen-bond donors (Lipinski definition) is 2. The molecule has 0 aliphatic rings. The topological polar surface area (TPSA) is 49.5 Å². The van der Waals surface area contributed by atoms with E-state index in [2.05, 4.69) is 0 Å². The lowest BCUT2D eigenvalue weighted by Gasteiger charge is -2.22. The standard InChI is InChI=1S/C14H13ClN2OS/c1-17(10-3-5-11(18)6-4-10)13-8-9(15)2-7-12(13)14(16)19/h2-8,18H,1H3,(H2,16,19). The van der Waals surface area contributed by atoms with Crippen molar-refractivity contribution in [2.24, 2.45) is 5.73 Å². The Bertz CT molecular complexity index is 613. The van der Waals surface area contributed by atoms with E-state index in [0.717, 1.165) is 16.9 Å². The molecule has 5 heteroatoms. The molecular weight excluding hydrogens is 280 g/mol. The molecule has 0 heterocycles. The molecule has 0 fully saturated rings. The van der Waals surface area contributed by atoms with Gasteiger partial charge in [-0.05, 0) is 42.5 Å². The first-order valence-corrected chi connectivity index (χ1v) is 6.40. The number of rotatable bonds is 3. The Labute approximate surface area is 122 Å². The molecule has 0 spiro atoms. The highest BCUT2D eigenvalue weighted by Crippen LogP contribution is 2.30. The van der Waals surface area contributed by atoms with Crippen LogP contribution in [0.3, 0.4) is 0 Å². The molecule has 3 N–H and O–H groups in total. The Hall–Kier alpha value is -1.78. The number of halogens is 1. The Morgan fingerprint density at radius 1 is 1.21 bits per heavy atom. The van der Waals surface area contributed by atoms with Crippen LogP contribution in [0.2, 0.25) is 5.02 Å². The maximum absolute atomic E-state index is 9.32. The molecule has 2 aromatic carbocycles. The summed E-state index contributed by atoms with van der Waals surface area (Å²) in [6.45, 7) is 0. The van der Waals surface area contributed by atoms with Crippen LogP contribution >= 0.6 is 23.8 Å². The van der Waals surface area contributed by atoms with Gasteiger partial charge in [-0.1, -0.05) is 23.8 Å². The fourth-order valence-corrected chi connectivity index (χ4v) is 2.14. The lowest BCUT2D eigenvalue weighted by atomic mass is 10.1. The van der Waals surface area contributed by atoms with Crippen LogP contribution in [0.5, 0.6) is 5.75 Å². The quantitative estimate of drug-likeness (QED) is 0.851. The van der Waals surface area contributed by atoms with E-state index >= 15 is 0 Å². The molecule has 98 valence electrons. The number of anilines is 2. The molecule has 0 atom stereocenters. The second-order valence-electron chi connectivity index (χ2n) is 4.10. The third kappa shape index (κ3) is 2.97. The van der Waals surface area contributed by atoms with Gasteiger partial charge < -0.3 is 15.7 Å². The van der Waals surface area contributed by atoms with Gasteiger partial charge in [-0.15, -0.1) is 0 Å². The molecule has 0 unspecified atom stereocenters. The molecule has 0 saturated heterocycles. The summed E-state index contributed by atoms with van der Waals surface area (Å²) in [7, 11) is 1.89. The number of hydrogen-bond acceptors (Lipinski definition) is 3. The van der Waals surface area contributed by atoms with Gasteiger partial charge in [0.25, 0.3) is 0 Å². The molecule has 0 bridgehead atoms. The minimum atomic E-state index is 0.220. The summed E-state index contributed by atoms with van der Waals surface area (Å²) in [4.78, 5) is 2.23. The molecule has 0 aliphatic carbocycles. The normalized spacial score (nSPS) is 10.2. The molecule has 19 heavy (non-hydrogen) atoms. The van der Waals surface area contributed by atoms with Crippen LogP contribution in [0, 0.1) is 0 Å². The monoisotopic (exact) mass is 292 g/mol. The van der Waals surface area contributed by atoms with Crippen LogP contribution < -0.4 is 10.6 Å². The van der Waals surface area contributed by atoms with Crippen molar-refractivity contribution in [3.8, 4) is 5.75 Å². The number of nitrogens with two attached hydrogens (primary N) is 1. The van der Waals surface area contributed by atoms with Crippen molar-refractivity contribution in [3.05, 3.63) is 53.1 Å². The fraction of sp³-hybridized carbons (Fsp3) is 0.0714. The zero-order valence-corrected chi connectivity index (χ0v) is 11.9. The fourth-order valence-electron chi connectivity index (χ4n) is 1.81. The first kappa shape index (κ1) is 13.6. The van der Waals surface area contributed by atoms with Gasteiger partial charge >= 0.3 is 0 Å². The number of phenolic OH excluding ortho intramolecular Hbond substituents is 1. The lowest BCUT2D eigenvalue weighted by molar-refractivity contribution is 0.475. The third-order valence-electron chi connectivity index (χ3n) is 2.82. The van der Waals surface area contributed by atoms with Crippen molar-refractivity contribution >= 4 is 40.2 Å². The van der Waals surface area contributed by atoms with E-state index in [1.165, 1.54) is 0 Å². The first-order valence-electron chi connectivity index (χ1n) is 5.61. The molecule has 2 rings (SSSR count). The molecule has 0 aromatic heterocycles. The maximum atomic E-state index is 9.32. The number of aromatic hydroxyl groups is 1. The van der Waals surface area contributed by atoms with Crippen LogP contribution in [-0.4, -0.2) is 17.1 Å². The van der Waals surface area contributed by atoms with E-state index in [0.29, 0.717) is 10.0 Å². The summed E-state index contributed by atoms with van der Waals surface area (Å²) in [6, 6.07) is 12.2. The van der Waals surface area contributed by atoms with Gasteiger partial charge in [0.05, 0.1) is 5.69 Å². The molecule has 3 nitrogen and oxygen atoms in total. The van der Waals surface area contributed by atoms with Crippen molar-refractivity contribution in [1.29, 1.82) is 0 Å². The van der Waals surface area contributed by atoms with E-state index in [9.17, 15) is 5.11 Å².